The maximum Gasteiger partial charge on any atom is 0.240 e. The Balaban J connectivity index is 1.75. The predicted molar refractivity (Wildman–Crippen MR) is 57.1 cm³/mol. The van der Waals surface area contributed by atoms with Crippen LogP contribution in [0.1, 0.15) is 32.6 Å². The first kappa shape index (κ1) is 10.9. The highest BCUT2D eigenvalue weighted by molar-refractivity contribution is 5.86. The Hall–Kier alpha value is -0.610. The zero-order valence-electron chi connectivity index (χ0n) is 9.20. The summed E-state index contributed by atoms with van der Waals surface area (Å²) in [5, 5.41) is 12.4. The molecule has 0 aromatic rings. The molecule has 2 aliphatic rings. The minimum atomic E-state index is -0.747. The van der Waals surface area contributed by atoms with Gasteiger partial charge in [0.15, 0.2) is 0 Å². The Kier molecular flexibility index (Phi) is 2.73. The average Bonchev–Trinajstić information content (AvgIpc) is 3.06. The summed E-state index contributed by atoms with van der Waals surface area (Å²) in [6, 6.07) is 0. The number of carbonyl (C=O) groups excluding carboxylic acids is 1. The van der Waals surface area contributed by atoms with Gasteiger partial charge >= 0.3 is 0 Å². The molecule has 2 fully saturated rings. The van der Waals surface area contributed by atoms with E-state index in [-0.39, 0.29) is 12.0 Å². The van der Waals surface area contributed by atoms with Gasteiger partial charge in [-0.15, -0.1) is 0 Å². The molecule has 2 atom stereocenters. The van der Waals surface area contributed by atoms with Gasteiger partial charge in [0.25, 0.3) is 0 Å². The van der Waals surface area contributed by atoms with Gasteiger partial charge in [0.1, 0.15) is 0 Å². The minimum Gasteiger partial charge on any atom is -0.391 e. The van der Waals surface area contributed by atoms with Crippen molar-refractivity contribution < 1.29 is 9.90 Å². The Morgan fingerprint density at radius 2 is 2.13 bits per heavy atom. The fraction of sp³-hybridized carbons (Fsp3) is 0.909. The molecular weight excluding hydrogens is 192 g/mol. The van der Waals surface area contributed by atoms with Crippen molar-refractivity contribution in [2.45, 2.75) is 44.2 Å². The molecule has 0 aromatic carbocycles. The van der Waals surface area contributed by atoms with Gasteiger partial charge in [0.05, 0.1) is 11.6 Å². The molecule has 0 spiro atoms. The summed E-state index contributed by atoms with van der Waals surface area (Å²) >= 11 is 0. The SMILES string of the molecule is CC(N)(C(=O)NCC(O)C1CC1)C1CC1. The fourth-order valence-electron chi connectivity index (χ4n) is 1.90. The summed E-state index contributed by atoms with van der Waals surface area (Å²) in [5.41, 5.74) is 5.20. The molecule has 0 aromatic heterocycles. The van der Waals surface area contributed by atoms with E-state index in [1.165, 1.54) is 0 Å². The monoisotopic (exact) mass is 212 g/mol. The predicted octanol–water partition coefficient (Wildman–Crippen LogP) is 0.000900. The normalized spacial score (nSPS) is 26.9. The van der Waals surface area contributed by atoms with Crippen LogP contribution < -0.4 is 11.1 Å². The van der Waals surface area contributed by atoms with Crippen LogP contribution in [0.15, 0.2) is 0 Å². The average molecular weight is 212 g/mol. The van der Waals surface area contributed by atoms with E-state index in [0.717, 1.165) is 25.7 Å². The summed E-state index contributed by atoms with van der Waals surface area (Å²) in [6.07, 6.45) is 3.87. The van der Waals surface area contributed by atoms with Crippen LogP contribution in [0.4, 0.5) is 0 Å². The lowest BCUT2D eigenvalue weighted by molar-refractivity contribution is -0.127. The van der Waals surface area contributed by atoms with E-state index < -0.39 is 5.54 Å². The van der Waals surface area contributed by atoms with Gasteiger partial charge in [-0.05, 0) is 44.4 Å². The number of aliphatic hydroxyl groups excluding tert-OH is 1. The molecule has 0 bridgehead atoms. The first-order chi connectivity index (χ1) is 7.01. The number of amides is 1. The zero-order valence-corrected chi connectivity index (χ0v) is 9.20. The van der Waals surface area contributed by atoms with Gasteiger partial charge < -0.3 is 16.2 Å². The molecule has 2 saturated carbocycles. The Bertz CT molecular complexity index is 257. The third kappa shape index (κ3) is 2.49. The van der Waals surface area contributed by atoms with E-state index in [9.17, 15) is 9.90 Å². The quantitative estimate of drug-likeness (QED) is 0.600. The molecular formula is C11H20N2O2. The molecule has 4 nitrogen and oxygen atoms in total. The third-order valence-electron chi connectivity index (χ3n) is 3.55. The second-order valence-electron chi connectivity index (χ2n) is 5.17. The van der Waals surface area contributed by atoms with Crippen LogP contribution in [0, 0.1) is 11.8 Å². The van der Waals surface area contributed by atoms with Crippen molar-refractivity contribution in [3.05, 3.63) is 0 Å². The summed E-state index contributed by atoms with van der Waals surface area (Å²) in [5.74, 6) is 0.607. The van der Waals surface area contributed by atoms with E-state index in [2.05, 4.69) is 5.32 Å². The van der Waals surface area contributed by atoms with Crippen LogP contribution in [-0.2, 0) is 4.79 Å². The Morgan fingerprint density at radius 1 is 1.53 bits per heavy atom. The second kappa shape index (κ2) is 3.76. The molecule has 2 aliphatic carbocycles. The lowest BCUT2D eigenvalue weighted by Crippen LogP contribution is -2.54. The van der Waals surface area contributed by atoms with Gasteiger partial charge in [-0.2, -0.15) is 0 Å². The zero-order chi connectivity index (χ0) is 11.1. The minimum absolute atomic E-state index is 0.121. The van der Waals surface area contributed by atoms with Gasteiger partial charge in [0, 0.05) is 6.54 Å². The van der Waals surface area contributed by atoms with E-state index in [4.69, 9.17) is 5.73 Å². The lowest BCUT2D eigenvalue weighted by atomic mass is 9.96. The van der Waals surface area contributed by atoms with Crippen molar-refractivity contribution >= 4 is 5.91 Å². The molecule has 0 heterocycles. The van der Waals surface area contributed by atoms with Gasteiger partial charge in [0.2, 0.25) is 5.91 Å². The highest BCUT2D eigenvalue weighted by Crippen LogP contribution is 2.38. The van der Waals surface area contributed by atoms with Crippen LogP contribution in [0.5, 0.6) is 0 Å². The second-order valence-corrected chi connectivity index (χ2v) is 5.17. The van der Waals surface area contributed by atoms with Crippen LogP contribution in [-0.4, -0.2) is 29.2 Å². The van der Waals surface area contributed by atoms with E-state index in [0.29, 0.717) is 18.4 Å². The standard InChI is InChI=1S/C11H20N2O2/c1-11(12,8-4-5-8)10(15)13-6-9(14)7-2-3-7/h7-9,14H,2-6,12H2,1H3,(H,13,15). The first-order valence-corrected chi connectivity index (χ1v) is 5.77. The number of nitrogens with one attached hydrogen (secondary N) is 1. The van der Waals surface area contributed by atoms with E-state index in [1.54, 1.807) is 6.92 Å². The summed E-state index contributed by atoms with van der Waals surface area (Å²) in [7, 11) is 0. The Morgan fingerprint density at radius 3 is 2.60 bits per heavy atom. The van der Waals surface area contributed by atoms with Crippen molar-refractivity contribution in [3.63, 3.8) is 0 Å². The van der Waals surface area contributed by atoms with Gasteiger partial charge in [-0.1, -0.05) is 0 Å². The molecule has 15 heavy (non-hydrogen) atoms. The summed E-state index contributed by atoms with van der Waals surface area (Å²) < 4.78 is 0. The number of hydrogen-bond donors (Lipinski definition) is 3. The highest BCUT2D eigenvalue weighted by atomic mass is 16.3. The number of hydrogen-bond acceptors (Lipinski definition) is 3. The molecule has 1 amide bonds. The number of rotatable bonds is 5. The molecule has 2 rings (SSSR count). The number of nitrogens with two attached hydrogens (primary N) is 1. The maximum absolute atomic E-state index is 11.7. The van der Waals surface area contributed by atoms with Crippen molar-refractivity contribution in [3.8, 4) is 0 Å². The van der Waals surface area contributed by atoms with Crippen molar-refractivity contribution in [1.29, 1.82) is 0 Å². The topological polar surface area (TPSA) is 75.4 Å². The summed E-state index contributed by atoms with van der Waals surface area (Å²) in [6.45, 7) is 2.13. The van der Waals surface area contributed by atoms with E-state index >= 15 is 0 Å². The number of carbonyl (C=O) groups is 1. The van der Waals surface area contributed by atoms with Crippen molar-refractivity contribution in [1.82, 2.24) is 5.32 Å². The maximum atomic E-state index is 11.7. The fourth-order valence-corrected chi connectivity index (χ4v) is 1.90. The van der Waals surface area contributed by atoms with E-state index in [1.807, 2.05) is 0 Å². The van der Waals surface area contributed by atoms with Crippen LogP contribution >= 0.6 is 0 Å². The van der Waals surface area contributed by atoms with Crippen molar-refractivity contribution in [2.24, 2.45) is 17.6 Å². The van der Waals surface area contributed by atoms with Crippen LogP contribution in [0.25, 0.3) is 0 Å². The molecule has 4 N–H and O–H groups in total. The van der Waals surface area contributed by atoms with Gasteiger partial charge in [-0.25, -0.2) is 0 Å². The molecule has 0 aliphatic heterocycles. The molecule has 0 saturated heterocycles. The molecule has 2 unspecified atom stereocenters. The Labute approximate surface area is 90.2 Å². The largest absolute Gasteiger partial charge is 0.391 e. The highest BCUT2D eigenvalue weighted by Gasteiger charge is 2.44. The van der Waals surface area contributed by atoms with Crippen LogP contribution in [0.3, 0.4) is 0 Å². The lowest BCUT2D eigenvalue weighted by Gasteiger charge is -2.24. The summed E-state index contributed by atoms with van der Waals surface area (Å²) in [4.78, 5) is 11.7. The molecule has 4 heteroatoms. The molecule has 0 radical (unpaired) electrons. The van der Waals surface area contributed by atoms with Crippen molar-refractivity contribution in [2.75, 3.05) is 6.54 Å². The number of aliphatic hydroxyl groups is 1. The third-order valence-corrected chi connectivity index (χ3v) is 3.55. The first-order valence-electron chi connectivity index (χ1n) is 5.77. The molecule has 86 valence electrons. The smallest absolute Gasteiger partial charge is 0.240 e. The van der Waals surface area contributed by atoms with Crippen LogP contribution in [0.2, 0.25) is 0 Å². The van der Waals surface area contributed by atoms with Gasteiger partial charge in [-0.3, -0.25) is 4.79 Å².